The quantitative estimate of drug-likeness (QED) is 0.820. The molecule has 2 heteroatoms. The molecule has 0 spiro atoms. The van der Waals surface area contributed by atoms with Gasteiger partial charge in [-0.05, 0) is 32.8 Å². The third-order valence-electron chi connectivity index (χ3n) is 3.86. The lowest BCUT2D eigenvalue weighted by Crippen LogP contribution is -2.34. The van der Waals surface area contributed by atoms with Crippen molar-refractivity contribution in [3.63, 3.8) is 0 Å². The van der Waals surface area contributed by atoms with E-state index in [9.17, 15) is 0 Å². The number of ether oxygens (including phenoxy) is 1. The van der Waals surface area contributed by atoms with Crippen LogP contribution in [-0.2, 0) is 0 Å². The van der Waals surface area contributed by atoms with E-state index in [4.69, 9.17) is 4.74 Å². The van der Waals surface area contributed by atoms with Gasteiger partial charge < -0.3 is 10.1 Å². The van der Waals surface area contributed by atoms with Gasteiger partial charge >= 0.3 is 0 Å². The predicted octanol–water partition coefficient (Wildman–Crippen LogP) is 4.09. The highest BCUT2D eigenvalue weighted by Crippen LogP contribution is 2.27. The van der Waals surface area contributed by atoms with Gasteiger partial charge in [0.2, 0.25) is 0 Å². The molecule has 1 aromatic rings. The van der Waals surface area contributed by atoms with Crippen molar-refractivity contribution in [3.05, 3.63) is 29.3 Å². The van der Waals surface area contributed by atoms with Gasteiger partial charge in [0, 0.05) is 17.6 Å². The van der Waals surface area contributed by atoms with Gasteiger partial charge in [-0.1, -0.05) is 38.0 Å². The summed E-state index contributed by atoms with van der Waals surface area (Å²) in [6.07, 6.45) is 1.20. The number of hydrogen-bond donors (Lipinski definition) is 1. The molecule has 0 radical (unpaired) electrons. The van der Waals surface area contributed by atoms with Gasteiger partial charge in [0.25, 0.3) is 0 Å². The maximum atomic E-state index is 5.45. The summed E-state index contributed by atoms with van der Waals surface area (Å²) in [4.78, 5) is 0. The molecule has 1 N–H and O–H groups in total. The van der Waals surface area contributed by atoms with E-state index in [2.05, 4.69) is 58.1 Å². The molecule has 0 saturated heterocycles. The average molecular weight is 249 g/mol. The number of nitrogens with one attached hydrogen (secondary N) is 1. The third-order valence-corrected chi connectivity index (χ3v) is 3.86. The van der Waals surface area contributed by atoms with Crippen molar-refractivity contribution < 1.29 is 4.74 Å². The van der Waals surface area contributed by atoms with Crippen LogP contribution < -0.4 is 10.1 Å². The molecule has 3 unspecified atom stereocenters. The fourth-order valence-corrected chi connectivity index (χ4v) is 2.19. The molecule has 0 saturated carbocycles. The fourth-order valence-electron chi connectivity index (χ4n) is 2.19. The van der Waals surface area contributed by atoms with Crippen molar-refractivity contribution in [1.29, 1.82) is 0 Å². The Balaban J connectivity index is 2.83. The summed E-state index contributed by atoms with van der Waals surface area (Å²) < 4.78 is 5.45. The normalized spacial score (nSPS) is 16.1. The number of aryl methyl sites for hydroxylation is 1. The van der Waals surface area contributed by atoms with Gasteiger partial charge in [-0.15, -0.1) is 0 Å². The van der Waals surface area contributed by atoms with Crippen molar-refractivity contribution in [1.82, 2.24) is 5.32 Å². The van der Waals surface area contributed by atoms with Gasteiger partial charge in [0.1, 0.15) is 5.75 Å². The Morgan fingerprint density at radius 3 is 2.44 bits per heavy atom. The molecular formula is C16H27NO. The van der Waals surface area contributed by atoms with Gasteiger partial charge in [0.05, 0.1) is 7.11 Å². The molecule has 0 heterocycles. The van der Waals surface area contributed by atoms with Crippen LogP contribution >= 0.6 is 0 Å². The average Bonchev–Trinajstić information content (AvgIpc) is 2.37. The van der Waals surface area contributed by atoms with Gasteiger partial charge in [-0.2, -0.15) is 0 Å². The smallest absolute Gasteiger partial charge is 0.123 e. The number of hydrogen-bond acceptors (Lipinski definition) is 2. The second-order valence-electron chi connectivity index (χ2n) is 5.31. The van der Waals surface area contributed by atoms with Gasteiger partial charge in [0.15, 0.2) is 0 Å². The highest BCUT2D eigenvalue weighted by atomic mass is 16.5. The SMILES string of the molecule is CCC(C)C(C)NC(C)c1cc(C)ccc1OC. The fraction of sp³-hybridized carbons (Fsp3) is 0.625. The molecule has 0 amide bonds. The van der Waals surface area contributed by atoms with Gasteiger partial charge in [-0.3, -0.25) is 0 Å². The van der Waals surface area contributed by atoms with Crippen LogP contribution in [0.4, 0.5) is 0 Å². The molecule has 102 valence electrons. The van der Waals surface area contributed by atoms with Crippen LogP contribution in [0.25, 0.3) is 0 Å². The Morgan fingerprint density at radius 2 is 1.89 bits per heavy atom. The van der Waals surface area contributed by atoms with Crippen molar-refractivity contribution >= 4 is 0 Å². The Labute approximate surface area is 112 Å². The van der Waals surface area contributed by atoms with Crippen LogP contribution in [0.5, 0.6) is 5.75 Å². The first-order valence-electron chi connectivity index (χ1n) is 6.90. The first-order valence-corrected chi connectivity index (χ1v) is 6.90. The number of benzene rings is 1. The molecule has 0 aliphatic rings. The lowest BCUT2D eigenvalue weighted by Gasteiger charge is -2.26. The summed E-state index contributed by atoms with van der Waals surface area (Å²) in [6.45, 7) is 11.1. The lowest BCUT2D eigenvalue weighted by atomic mass is 9.98. The van der Waals surface area contributed by atoms with Crippen LogP contribution in [-0.4, -0.2) is 13.2 Å². The zero-order chi connectivity index (χ0) is 13.7. The third kappa shape index (κ3) is 3.74. The standard InChI is InChI=1S/C16H27NO/c1-7-12(3)13(4)17-14(5)15-10-11(2)8-9-16(15)18-6/h8-10,12-14,17H,7H2,1-6H3. The van der Waals surface area contributed by atoms with Crippen molar-refractivity contribution in [3.8, 4) is 5.75 Å². The summed E-state index contributed by atoms with van der Waals surface area (Å²) in [5.41, 5.74) is 2.52. The Kier molecular flexibility index (Phi) is 5.67. The second-order valence-corrected chi connectivity index (χ2v) is 5.31. The molecule has 3 atom stereocenters. The monoisotopic (exact) mass is 249 g/mol. The molecule has 1 rings (SSSR count). The molecule has 0 aliphatic heterocycles. The molecule has 0 aliphatic carbocycles. The molecule has 0 bridgehead atoms. The Morgan fingerprint density at radius 1 is 1.22 bits per heavy atom. The Hall–Kier alpha value is -1.02. The van der Waals surface area contributed by atoms with E-state index in [1.165, 1.54) is 17.5 Å². The zero-order valence-corrected chi connectivity index (χ0v) is 12.6. The van der Waals surface area contributed by atoms with E-state index in [1.807, 2.05) is 0 Å². The summed E-state index contributed by atoms with van der Waals surface area (Å²) in [6, 6.07) is 7.17. The minimum atomic E-state index is 0.309. The van der Waals surface area contributed by atoms with Crippen molar-refractivity contribution in [2.75, 3.05) is 7.11 Å². The van der Waals surface area contributed by atoms with E-state index in [0.717, 1.165) is 5.75 Å². The van der Waals surface area contributed by atoms with Gasteiger partial charge in [-0.25, -0.2) is 0 Å². The van der Waals surface area contributed by atoms with E-state index in [0.29, 0.717) is 18.0 Å². The van der Waals surface area contributed by atoms with E-state index in [1.54, 1.807) is 7.11 Å². The molecule has 0 fully saturated rings. The predicted molar refractivity (Wildman–Crippen MR) is 78.2 cm³/mol. The molecule has 1 aromatic carbocycles. The van der Waals surface area contributed by atoms with Crippen molar-refractivity contribution in [2.24, 2.45) is 5.92 Å². The van der Waals surface area contributed by atoms with Crippen molar-refractivity contribution in [2.45, 2.75) is 53.1 Å². The van der Waals surface area contributed by atoms with Crippen LogP contribution in [0.15, 0.2) is 18.2 Å². The van der Waals surface area contributed by atoms with E-state index >= 15 is 0 Å². The summed E-state index contributed by atoms with van der Waals surface area (Å²) in [5.74, 6) is 1.65. The lowest BCUT2D eigenvalue weighted by molar-refractivity contribution is 0.350. The maximum absolute atomic E-state index is 5.45. The first-order chi connectivity index (χ1) is 8.49. The van der Waals surface area contributed by atoms with Crippen LogP contribution in [0, 0.1) is 12.8 Å². The van der Waals surface area contributed by atoms with Crippen LogP contribution in [0.1, 0.15) is 51.3 Å². The van der Waals surface area contributed by atoms with Crippen LogP contribution in [0.2, 0.25) is 0 Å². The number of rotatable bonds is 6. The minimum absolute atomic E-state index is 0.309. The largest absolute Gasteiger partial charge is 0.496 e. The summed E-state index contributed by atoms with van der Waals surface area (Å²) in [5, 5.41) is 3.67. The van der Waals surface area contributed by atoms with Crippen LogP contribution in [0.3, 0.4) is 0 Å². The second kappa shape index (κ2) is 6.79. The maximum Gasteiger partial charge on any atom is 0.123 e. The molecule has 0 aromatic heterocycles. The van der Waals surface area contributed by atoms with E-state index in [-0.39, 0.29) is 0 Å². The van der Waals surface area contributed by atoms with E-state index < -0.39 is 0 Å². The topological polar surface area (TPSA) is 21.3 Å². The minimum Gasteiger partial charge on any atom is -0.496 e. The Bertz CT molecular complexity index is 375. The highest BCUT2D eigenvalue weighted by molar-refractivity contribution is 5.38. The molecule has 2 nitrogen and oxygen atoms in total. The molecule has 18 heavy (non-hydrogen) atoms. The zero-order valence-electron chi connectivity index (χ0n) is 12.6. The summed E-state index contributed by atoms with van der Waals surface area (Å²) >= 11 is 0. The highest BCUT2D eigenvalue weighted by Gasteiger charge is 2.16. The number of methoxy groups -OCH3 is 1. The first kappa shape index (κ1) is 15.0. The molecular weight excluding hydrogens is 222 g/mol. The summed E-state index contributed by atoms with van der Waals surface area (Å²) in [7, 11) is 1.74.